The molecule has 1 heterocycles. The largest absolute Gasteiger partial charge is 0.504 e. The van der Waals surface area contributed by atoms with Crippen molar-refractivity contribution in [1.29, 1.82) is 0 Å². The van der Waals surface area contributed by atoms with Gasteiger partial charge in [-0.2, -0.15) is 0 Å². The lowest BCUT2D eigenvalue weighted by molar-refractivity contribution is -0.108. The molecule has 1 N–H and O–H groups in total. The smallest absolute Gasteiger partial charge is 0.173 e. The van der Waals surface area contributed by atoms with Crippen molar-refractivity contribution in [1.82, 2.24) is 0 Å². The summed E-state index contributed by atoms with van der Waals surface area (Å²) in [6, 6.07) is 9.06. The van der Waals surface area contributed by atoms with Crippen molar-refractivity contribution < 1.29 is 19.0 Å². The molecule has 0 amide bonds. The third-order valence-electron chi connectivity index (χ3n) is 3.03. The van der Waals surface area contributed by atoms with Gasteiger partial charge in [-0.3, -0.25) is 0 Å². The second-order valence-corrected chi connectivity index (χ2v) is 4.06. The van der Waals surface area contributed by atoms with Gasteiger partial charge in [0, 0.05) is 11.1 Å². The second-order valence-electron chi connectivity index (χ2n) is 4.06. The number of halogens is 1. The van der Waals surface area contributed by atoms with E-state index in [1.165, 1.54) is 18.2 Å². The maximum absolute atomic E-state index is 13.8. The van der Waals surface area contributed by atoms with Crippen LogP contribution in [0, 0.1) is 5.82 Å². The molecular weight excluding hydrogens is 235 g/mol. The van der Waals surface area contributed by atoms with Gasteiger partial charge in [-0.05, 0) is 18.2 Å². The minimum absolute atomic E-state index is 0.0609. The fraction of sp³-hybridized carbons (Fsp3) is 0.0714. The van der Waals surface area contributed by atoms with E-state index in [9.17, 15) is 14.3 Å². The lowest BCUT2D eigenvalue weighted by atomic mass is 9.88. The Bertz CT molecular complexity index is 637. The summed E-state index contributed by atoms with van der Waals surface area (Å²) in [5, 5.41) is 9.73. The molecule has 1 atom stereocenters. The minimum Gasteiger partial charge on any atom is -0.504 e. The summed E-state index contributed by atoms with van der Waals surface area (Å²) in [5.74, 6) is -0.821. The molecule has 1 aliphatic heterocycles. The Labute approximate surface area is 102 Å². The number of benzene rings is 2. The molecule has 0 saturated heterocycles. The van der Waals surface area contributed by atoms with Crippen molar-refractivity contribution in [2.75, 3.05) is 0 Å². The van der Waals surface area contributed by atoms with E-state index in [1.54, 1.807) is 18.2 Å². The van der Waals surface area contributed by atoms with E-state index >= 15 is 0 Å². The predicted molar refractivity (Wildman–Crippen MR) is 62.5 cm³/mol. The molecule has 1 aliphatic rings. The molecule has 1 unspecified atom stereocenters. The molecule has 4 heteroatoms. The van der Waals surface area contributed by atoms with Crippen LogP contribution in [0.5, 0.6) is 17.2 Å². The van der Waals surface area contributed by atoms with Gasteiger partial charge in [0.15, 0.2) is 11.5 Å². The molecule has 0 aromatic heterocycles. The number of carbonyl (C=O) groups is 1. The molecule has 2 aromatic carbocycles. The summed E-state index contributed by atoms with van der Waals surface area (Å²) in [6.45, 7) is 0. The topological polar surface area (TPSA) is 46.5 Å². The normalized spacial score (nSPS) is 16.4. The zero-order chi connectivity index (χ0) is 12.7. The molecule has 3 rings (SSSR count). The molecular formula is C14H9FO3. The Morgan fingerprint density at radius 1 is 1.22 bits per heavy atom. The van der Waals surface area contributed by atoms with Gasteiger partial charge in [-0.1, -0.05) is 18.2 Å². The van der Waals surface area contributed by atoms with Crippen LogP contribution in [0.15, 0.2) is 36.4 Å². The van der Waals surface area contributed by atoms with E-state index in [-0.39, 0.29) is 22.8 Å². The van der Waals surface area contributed by atoms with Crippen LogP contribution in [0.3, 0.4) is 0 Å². The van der Waals surface area contributed by atoms with Crippen LogP contribution in [0.4, 0.5) is 4.39 Å². The van der Waals surface area contributed by atoms with E-state index in [1.807, 2.05) is 0 Å². The summed E-state index contributed by atoms with van der Waals surface area (Å²) in [5.41, 5.74) is 0.688. The zero-order valence-electron chi connectivity index (χ0n) is 9.26. The molecule has 0 radical (unpaired) electrons. The summed E-state index contributed by atoms with van der Waals surface area (Å²) in [7, 11) is 0. The first-order chi connectivity index (χ1) is 8.72. The van der Waals surface area contributed by atoms with E-state index in [2.05, 4.69) is 0 Å². The van der Waals surface area contributed by atoms with Crippen molar-refractivity contribution in [3.8, 4) is 17.2 Å². The molecule has 3 nitrogen and oxygen atoms in total. The van der Waals surface area contributed by atoms with Gasteiger partial charge in [-0.15, -0.1) is 0 Å². The van der Waals surface area contributed by atoms with Crippen molar-refractivity contribution >= 4 is 6.29 Å². The first-order valence-corrected chi connectivity index (χ1v) is 5.46. The number of rotatable bonds is 1. The Morgan fingerprint density at radius 2 is 2.00 bits per heavy atom. The van der Waals surface area contributed by atoms with Gasteiger partial charge >= 0.3 is 0 Å². The van der Waals surface area contributed by atoms with Crippen LogP contribution in [-0.4, -0.2) is 11.4 Å². The first kappa shape index (κ1) is 10.8. The summed E-state index contributed by atoms with van der Waals surface area (Å²) in [4.78, 5) is 11.2. The fourth-order valence-corrected chi connectivity index (χ4v) is 2.21. The summed E-state index contributed by atoms with van der Waals surface area (Å²) < 4.78 is 19.3. The predicted octanol–water partition coefficient (Wildman–Crippen LogP) is 2.97. The van der Waals surface area contributed by atoms with Gasteiger partial charge in [0.05, 0.1) is 5.92 Å². The number of aromatic hydroxyl groups is 1. The van der Waals surface area contributed by atoms with Crippen LogP contribution in [0.1, 0.15) is 17.0 Å². The molecule has 18 heavy (non-hydrogen) atoms. The summed E-state index contributed by atoms with van der Waals surface area (Å²) in [6.07, 6.45) is 0.655. The van der Waals surface area contributed by atoms with Crippen LogP contribution in [-0.2, 0) is 4.79 Å². The van der Waals surface area contributed by atoms with E-state index in [0.717, 1.165) is 0 Å². The average Bonchev–Trinajstić information content (AvgIpc) is 2.38. The Morgan fingerprint density at radius 3 is 2.78 bits per heavy atom. The quantitative estimate of drug-likeness (QED) is 0.784. The van der Waals surface area contributed by atoms with Gasteiger partial charge in [0.2, 0.25) is 0 Å². The SMILES string of the molecule is O=CC1c2cccc(O)c2Oc2cccc(F)c21. The number of phenols is 1. The molecule has 90 valence electrons. The van der Waals surface area contributed by atoms with Crippen LogP contribution in [0.25, 0.3) is 0 Å². The van der Waals surface area contributed by atoms with Crippen molar-refractivity contribution in [3.05, 3.63) is 53.3 Å². The lowest BCUT2D eigenvalue weighted by Gasteiger charge is -2.25. The van der Waals surface area contributed by atoms with Crippen molar-refractivity contribution in [2.24, 2.45) is 0 Å². The number of para-hydroxylation sites is 1. The number of hydrogen-bond acceptors (Lipinski definition) is 3. The standard InChI is InChI=1S/C14H9FO3/c15-10-4-2-6-12-13(10)9(7-16)8-3-1-5-11(17)14(8)18-12/h1-7,9,17H. The Hall–Kier alpha value is -2.36. The first-order valence-electron chi connectivity index (χ1n) is 5.46. The monoisotopic (exact) mass is 244 g/mol. The van der Waals surface area contributed by atoms with Gasteiger partial charge in [0.1, 0.15) is 17.9 Å². The highest BCUT2D eigenvalue weighted by Crippen LogP contribution is 2.47. The van der Waals surface area contributed by atoms with Crippen LogP contribution in [0.2, 0.25) is 0 Å². The highest BCUT2D eigenvalue weighted by atomic mass is 19.1. The number of carbonyl (C=O) groups excluding carboxylic acids is 1. The third-order valence-corrected chi connectivity index (χ3v) is 3.03. The number of ether oxygens (including phenoxy) is 1. The van der Waals surface area contributed by atoms with Crippen LogP contribution < -0.4 is 4.74 Å². The lowest BCUT2D eigenvalue weighted by Crippen LogP contribution is -2.13. The third kappa shape index (κ3) is 1.39. The van der Waals surface area contributed by atoms with Gasteiger partial charge < -0.3 is 14.6 Å². The van der Waals surface area contributed by atoms with Crippen molar-refractivity contribution in [3.63, 3.8) is 0 Å². The van der Waals surface area contributed by atoms with Crippen LogP contribution >= 0.6 is 0 Å². The molecule has 0 bridgehead atoms. The molecule has 0 spiro atoms. The molecule has 0 aliphatic carbocycles. The van der Waals surface area contributed by atoms with E-state index in [4.69, 9.17) is 4.74 Å². The maximum atomic E-state index is 13.8. The molecule has 0 saturated carbocycles. The van der Waals surface area contributed by atoms with Gasteiger partial charge in [-0.25, -0.2) is 4.39 Å². The minimum atomic E-state index is -0.753. The maximum Gasteiger partial charge on any atom is 0.173 e. The Balaban J connectivity index is 2.29. The zero-order valence-corrected chi connectivity index (χ0v) is 9.26. The Kier molecular flexibility index (Phi) is 2.30. The highest BCUT2D eigenvalue weighted by molar-refractivity contribution is 5.75. The number of hydrogen-bond donors (Lipinski definition) is 1. The van der Waals surface area contributed by atoms with Gasteiger partial charge in [0.25, 0.3) is 0 Å². The van der Waals surface area contributed by atoms with E-state index < -0.39 is 11.7 Å². The van der Waals surface area contributed by atoms with E-state index in [0.29, 0.717) is 11.8 Å². The van der Waals surface area contributed by atoms with Crippen molar-refractivity contribution in [2.45, 2.75) is 5.92 Å². The number of phenolic OH excluding ortho intramolecular Hbond substituents is 1. The molecule has 2 aromatic rings. The highest BCUT2D eigenvalue weighted by Gasteiger charge is 2.31. The fourth-order valence-electron chi connectivity index (χ4n) is 2.21. The summed E-state index contributed by atoms with van der Waals surface area (Å²) >= 11 is 0. The number of fused-ring (bicyclic) bond motifs is 2. The molecule has 0 fully saturated rings. The second kappa shape index (κ2) is 3.84. The average molecular weight is 244 g/mol. The number of aldehydes is 1.